The summed E-state index contributed by atoms with van der Waals surface area (Å²) < 4.78 is 5.49. The van der Waals surface area contributed by atoms with Crippen molar-refractivity contribution in [2.24, 2.45) is 0 Å². The first-order chi connectivity index (χ1) is 14.3. The zero-order valence-electron chi connectivity index (χ0n) is 16.8. The van der Waals surface area contributed by atoms with Crippen molar-refractivity contribution in [2.75, 3.05) is 43.0 Å². The molecule has 4 rings (SSSR count). The molecule has 0 saturated carbocycles. The van der Waals surface area contributed by atoms with Gasteiger partial charge in [0.05, 0.1) is 6.61 Å². The fraction of sp³-hybridized carbons (Fsp3) is 0.304. The van der Waals surface area contributed by atoms with E-state index >= 15 is 0 Å². The predicted molar refractivity (Wildman–Crippen MR) is 117 cm³/mol. The van der Waals surface area contributed by atoms with Gasteiger partial charge < -0.3 is 15.0 Å². The third-order valence-electron chi connectivity index (χ3n) is 5.01. The fourth-order valence-electron chi connectivity index (χ4n) is 3.49. The molecule has 1 aromatic heterocycles. The van der Waals surface area contributed by atoms with Gasteiger partial charge in [0.15, 0.2) is 0 Å². The van der Waals surface area contributed by atoms with Gasteiger partial charge in [-0.15, -0.1) is 0 Å². The summed E-state index contributed by atoms with van der Waals surface area (Å²) in [7, 11) is 0. The summed E-state index contributed by atoms with van der Waals surface area (Å²) in [5.74, 6) is 2.44. The molecule has 0 amide bonds. The van der Waals surface area contributed by atoms with Crippen LogP contribution in [0.5, 0.6) is 5.75 Å². The Morgan fingerprint density at radius 1 is 0.931 bits per heavy atom. The molecule has 0 aliphatic carbocycles. The Morgan fingerprint density at radius 3 is 2.41 bits per heavy atom. The standard InChI is InChI=1S/C23H27N5O/c1-2-29-21-10-8-20(9-11-21)25-23-24-13-12-22(26-23)28-16-14-27(15-17-28)18-19-6-4-3-5-7-19/h3-13H,2,14-18H2,1H3,(H,24,25,26). The molecule has 1 aliphatic heterocycles. The van der Waals surface area contributed by atoms with Gasteiger partial charge in [-0.05, 0) is 42.8 Å². The van der Waals surface area contributed by atoms with E-state index in [1.807, 2.05) is 43.5 Å². The first kappa shape index (κ1) is 19.2. The average molecular weight is 390 g/mol. The summed E-state index contributed by atoms with van der Waals surface area (Å²) in [6.07, 6.45) is 1.82. The van der Waals surface area contributed by atoms with E-state index in [9.17, 15) is 0 Å². The number of piperazine rings is 1. The molecule has 0 unspecified atom stereocenters. The van der Waals surface area contributed by atoms with Gasteiger partial charge in [-0.3, -0.25) is 4.90 Å². The summed E-state index contributed by atoms with van der Waals surface area (Å²) in [4.78, 5) is 13.9. The minimum absolute atomic E-state index is 0.610. The molecule has 0 bridgehead atoms. The molecule has 0 spiro atoms. The van der Waals surface area contributed by atoms with Crippen LogP contribution in [0.2, 0.25) is 0 Å². The third kappa shape index (κ3) is 5.23. The van der Waals surface area contributed by atoms with E-state index in [1.54, 1.807) is 0 Å². The van der Waals surface area contributed by atoms with Gasteiger partial charge in [0, 0.05) is 44.6 Å². The van der Waals surface area contributed by atoms with Gasteiger partial charge in [-0.2, -0.15) is 4.98 Å². The molecule has 2 aromatic carbocycles. The van der Waals surface area contributed by atoms with Crippen molar-refractivity contribution in [1.29, 1.82) is 0 Å². The number of ether oxygens (including phenoxy) is 1. The van der Waals surface area contributed by atoms with Crippen molar-refractivity contribution < 1.29 is 4.74 Å². The van der Waals surface area contributed by atoms with Gasteiger partial charge >= 0.3 is 0 Å². The van der Waals surface area contributed by atoms with Crippen molar-refractivity contribution in [3.8, 4) is 5.75 Å². The number of nitrogens with zero attached hydrogens (tertiary/aromatic N) is 4. The molecule has 1 fully saturated rings. The van der Waals surface area contributed by atoms with Gasteiger partial charge in [-0.25, -0.2) is 4.98 Å². The van der Waals surface area contributed by atoms with Gasteiger partial charge in [-0.1, -0.05) is 30.3 Å². The highest BCUT2D eigenvalue weighted by molar-refractivity contribution is 5.56. The highest BCUT2D eigenvalue weighted by Crippen LogP contribution is 2.20. The van der Waals surface area contributed by atoms with Crippen molar-refractivity contribution in [3.05, 3.63) is 72.4 Å². The largest absolute Gasteiger partial charge is 0.494 e. The van der Waals surface area contributed by atoms with Crippen molar-refractivity contribution in [1.82, 2.24) is 14.9 Å². The van der Waals surface area contributed by atoms with Crippen LogP contribution >= 0.6 is 0 Å². The van der Waals surface area contributed by atoms with Crippen molar-refractivity contribution >= 4 is 17.5 Å². The Balaban J connectivity index is 1.34. The van der Waals surface area contributed by atoms with Gasteiger partial charge in [0.25, 0.3) is 0 Å². The smallest absolute Gasteiger partial charge is 0.229 e. The number of nitrogens with one attached hydrogen (secondary N) is 1. The Morgan fingerprint density at radius 2 is 1.69 bits per heavy atom. The molecule has 1 aliphatic rings. The summed E-state index contributed by atoms with van der Waals surface area (Å²) in [5, 5.41) is 3.28. The zero-order valence-corrected chi connectivity index (χ0v) is 16.8. The third-order valence-corrected chi connectivity index (χ3v) is 5.01. The van der Waals surface area contributed by atoms with E-state index in [0.717, 1.165) is 50.0 Å². The van der Waals surface area contributed by atoms with Crippen LogP contribution in [0.3, 0.4) is 0 Å². The molecule has 29 heavy (non-hydrogen) atoms. The lowest BCUT2D eigenvalue weighted by Crippen LogP contribution is -2.46. The van der Waals surface area contributed by atoms with Crippen LogP contribution in [-0.2, 0) is 6.54 Å². The monoisotopic (exact) mass is 389 g/mol. The van der Waals surface area contributed by atoms with Crippen LogP contribution in [0, 0.1) is 0 Å². The summed E-state index contributed by atoms with van der Waals surface area (Å²) in [6, 6.07) is 20.5. The van der Waals surface area contributed by atoms with Crippen LogP contribution in [0.25, 0.3) is 0 Å². The molecular formula is C23H27N5O. The second kappa shape index (κ2) is 9.39. The molecular weight excluding hydrogens is 362 g/mol. The van der Waals surface area contributed by atoms with Crippen LogP contribution < -0.4 is 15.0 Å². The van der Waals surface area contributed by atoms with E-state index in [4.69, 9.17) is 9.72 Å². The number of anilines is 3. The molecule has 6 nitrogen and oxygen atoms in total. The summed E-state index contributed by atoms with van der Waals surface area (Å²) >= 11 is 0. The Kier molecular flexibility index (Phi) is 6.22. The summed E-state index contributed by atoms with van der Waals surface area (Å²) in [5.41, 5.74) is 2.31. The number of aromatic nitrogens is 2. The second-order valence-corrected chi connectivity index (χ2v) is 7.07. The quantitative estimate of drug-likeness (QED) is 0.661. The molecule has 1 N–H and O–H groups in total. The second-order valence-electron chi connectivity index (χ2n) is 7.07. The van der Waals surface area contributed by atoms with Crippen LogP contribution in [0.1, 0.15) is 12.5 Å². The fourth-order valence-corrected chi connectivity index (χ4v) is 3.49. The van der Waals surface area contributed by atoms with E-state index in [1.165, 1.54) is 5.56 Å². The van der Waals surface area contributed by atoms with E-state index in [0.29, 0.717) is 12.6 Å². The number of hydrogen-bond donors (Lipinski definition) is 1. The molecule has 3 aromatic rings. The normalized spacial score (nSPS) is 14.6. The first-order valence-corrected chi connectivity index (χ1v) is 10.1. The Bertz CT molecular complexity index is 893. The lowest BCUT2D eigenvalue weighted by atomic mass is 10.2. The average Bonchev–Trinajstić information content (AvgIpc) is 2.77. The number of rotatable bonds is 7. The topological polar surface area (TPSA) is 53.5 Å². The Labute approximate surface area is 172 Å². The maximum atomic E-state index is 5.49. The van der Waals surface area contributed by atoms with Crippen LogP contribution in [-0.4, -0.2) is 47.7 Å². The van der Waals surface area contributed by atoms with Crippen LogP contribution in [0.15, 0.2) is 66.9 Å². The van der Waals surface area contributed by atoms with Crippen molar-refractivity contribution in [2.45, 2.75) is 13.5 Å². The van der Waals surface area contributed by atoms with Gasteiger partial charge in [0.2, 0.25) is 5.95 Å². The SMILES string of the molecule is CCOc1ccc(Nc2nccc(N3CCN(Cc4ccccc4)CC3)n2)cc1. The number of hydrogen-bond acceptors (Lipinski definition) is 6. The predicted octanol–water partition coefficient (Wildman–Crippen LogP) is 3.94. The Hall–Kier alpha value is -3.12. The van der Waals surface area contributed by atoms with E-state index < -0.39 is 0 Å². The highest BCUT2D eigenvalue weighted by Gasteiger charge is 2.18. The van der Waals surface area contributed by atoms with Crippen molar-refractivity contribution in [3.63, 3.8) is 0 Å². The molecule has 2 heterocycles. The first-order valence-electron chi connectivity index (χ1n) is 10.1. The zero-order chi connectivity index (χ0) is 19.9. The summed E-state index contributed by atoms with van der Waals surface area (Å²) in [6.45, 7) is 7.63. The molecule has 1 saturated heterocycles. The number of benzene rings is 2. The van der Waals surface area contributed by atoms with Gasteiger partial charge in [0.1, 0.15) is 11.6 Å². The lowest BCUT2D eigenvalue weighted by molar-refractivity contribution is 0.249. The van der Waals surface area contributed by atoms with E-state index in [2.05, 4.69) is 50.4 Å². The maximum absolute atomic E-state index is 5.49. The highest BCUT2D eigenvalue weighted by atomic mass is 16.5. The van der Waals surface area contributed by atoms with Crippen LogP contribution in [0.4, 0.5) is 17.5 Å². The molecule has 6 heteroatoms. The molecule has 0 radical (unpaired) electrons. The molecule has 0 atom stereocenters. The molecule has 150 valence electrons. The maximum Gasteiger partial charge on any atom is 0.229 e. The van der Waals surface area contributed by atoms with E-state index in [-0.39, 0.29) is 0 Å². The lowest BCUT2D eigenvalue weighted by Gasteiger charge is -2.35. The minimum Gasteiger partial charge on any atom is -0.494 e. The minimum atomic E-state index is 0.610.